The normalized spacial score (nSPS) is 11.8. The third kappa shape index (κ3) is 3.40. The van der Waals surface area contributed by atoms with Crippen LogP contribution < -0.4 is 11.1 Å². The van der Waals surface area contributed by atoms with Gasteiger partial charge in [0.2, 0.25) is 5.91 Å². The molecule has 1 unspecified atom stereocenters. The number of thiophene rings is 1. The summed E-state index contributed by atoms with van der Waals surface area (Å²) >= 11 is 1.43. The van der Waals surface area contributed by atoms with Crippen molar-refractivity contribution >= 4 is 22.9 Å². The molecule has 7 heteroatoms. The van der Waals surface area contributed by atoms with E-state index in [1.54, 1.807) is 18.2 Å². The van der Waals surface area contributed by atoms with Crippen molar-refractivity contribution in [1.29, 1.82) is 0 Å². The topological polar surface area (TPSA) is 98.3 Å². The molecule has 2 aromatic rings. The van der Waals surface area contributed by atoms with Gasteiger partial charge in [-0.15, -0.1) is 11.3 Å². The van der Waals surface area contributed by atoms with Gasteiger partial charge >= 0.3 is 0 Å². The second-order valence-corrected chi connectivity index (χ2v) is 5.11. The van der Waals surface area contributed by atoms with Crippen LogP contribution in [0.3, 0.4) is 0 Å². The number of nitro benzene ring substituents is 1. The van der Waals surface area contributed by atoms with Gasteiger partial charge in [0.25, 0.3) is 5.69 Å². The van der Waals surface area contributed by atoms with Gasteiger partial charge in [0.15, 0.2) is 0 Å². The molecule has 1 heterocycles. The van der Waals surface area contributed by atoms with Crippen LogP contribution in [-0.2, 0) is 11.3 Å². The van der Waals surface area contributed by atoms with Crippen molar-refractivity contribution in [2.45, 2.75) is 12.6 Å². The molecule has 104 valence electrons. The maximum absolute atomic E-state index is 11.9. The summed E-state index contributed by atoms with van der Waals surface area (Å²) in [5.41, 5.74) is 6.62. The SMILES string of the molecule is NC(C(=O)NCc1ccc([N+](=O)[O-])cc1)c1cccs1. The van der Waals surface area contributed by atoms with Gasteiger partial charge in [-0.05, 0) is 17.0 Å². The number of nitrogens with two attached hydrogens (primary N) is 1. The van der Waals surface area contributed by atoms with E-state index < -0.39 is 11.0 Å². The fourth-order valence-electron chi connectivity index (χ4n) is 1.63. The third-order valence-electron chi connectivity index (χ3n) is 2.75. The summed E-state index contributed by atoms with van der Waals surface area (Å²) in [5.74, 6) is -0.272. The fraction of sp³-hybridized carbons (Fsp3) is 0.154. The summed E-state index contributed by atoms with van der Waals surface area (Å²) < 4.78 is 0. The molecule has 20 heavy (non-hydrogen) atoms. The van der Waals surface area contributed by atoms with Gasteiger partial charge in [0.05, 0.1) is 4.92 Å². The summed E-state index contributed by atoms with van der Waals surface area (Å²) in [5, 5.41) is 15.1. The van der Waals surface area contributed by atoms with Gasteiger partial charge in [-0.25, -0.2) is 0 Å². The maximum atomic E-state index is 11.9. The van der Waals surface area contributed by atoms with Crippen LogP contribution in [0.5, 0.6) is 0 Å². The molecule has 0 bridgehead atoms. The highest BCUT2D eigenvalue weighted by atomic mass is 32.1. The van der Waals surface area contributed by atoms with E-state index in [9.17, 15) is 14.9 Å². The molecule has 1 aromatic heterocycles. The van der Waals surface area contributed by atoms with Crippen LogP contribution in [0.1, 0.15) is 16.5 Å². The Hall–Kier alpha value is -2.25. The van der Waals surface area contributed by atoms with Crippen molar-refractivity contribution in [2.24, 2.45) is 5.73 Å². The molecule has 0 saturated heterocycles. The predicted octanol–water partition coefficient (Wildman–Crippen LogP) is 1.97. The molecule has 0 fully saturated rings. The van der Waals surface area contributed by atoms with E-state index in [-0.39, 0.29) is 18.1 Å². The van der Waals surface area contributed by atoms with Crippen LogP contribution in [0.15, 0.2) is 41.8 Å². The van der Waals surface area contributed by atoms with Crippen LogP contribution in [0.2, 0.25) is 0 Å². The number of hydrogen-bond acceptors (Lipinski definition) is 5. The summed E-state index contributed by atoms with van der Waals surface area (Å²) in [6.45, 7) is 0.288. The van der Waals surface area contributed by atoms with Gasteiger partial charge < -0.3 is 11.1 Å². The van der Waals surface area contributed by atoms with Crippen LogP contribution in [0.4, 0.5) is 5.69 Å². The molecule has 1 atom stereocenters. The van der Waals surface area contributed by atoms with Crippen molar-refractivity contribution < 1.29 is 9.72 Å². The average Bonchev–Trinajstić information content (AvgIpc) is 2.98. The zero-order valence-electron chi connectivity index (χ0n) is 10.5. The number of amides is 1. The molecule has 1 amide bonds. The molecule has 0 spiro atoms. The maximum Gasteiger partial charge on any atom is 0.269 e. The lowest BCUT2D eigenvalue weighted by Gasteiger charge is -2.10. The minimum absolute atomic E-state index is 0.0235. The summed E-state index contributed by atoms with van der Waals surface area (Å²) in [6, 6.07) is 8.98. The number of rotatable bonds is 5. The Labute approximate surface area is 119 Å². The lowest BCUT2D eigenvalue weighted by Crippen LogP contribution is -2.33. The van der Waals surface area contributed by atoms with E-state index in [2.05, 4.69) is 5.32 Å². The molecule has 1 aromatic carbocycles. The first kappa shape index (κ1) is 14.2. The predicted molar refractivity (Wildman–Crippen MR) is 76.2 cm³/mol. The molecule has 3 N–H and O–H groups in total. The van der Waals surface area contributed by atoms with Crippen molar-refractivity contribution in [1.82, 2.24) is 5.32 Å². The first-order valence-electron chi connectivity index (χ1n) is 5.88. The largest absolute Gasteiger partial charge is 0.350 e. The Balaban J connectivity index is 1.91. The lowest BCUT2D eigenvalue weighted by atomic mass is 10.2. The average molecular weight is 291 g/mol. The highest BCUT2D eigenvalue weighted by Crippen LogP contribution is 2.17. The Bertz CT molecular complexity index is 596. The molecular weight excluding hydrogens is 278 g/mol. The van der Waals surface area contributed by atoms with Crippen LogP contribution in [0.25, 0.3) is 0 Å². The van der Waals surface area contributed by atoms with Crippen LogP contribution in [0, 0.1) is 10.1 Å². The van der Waals surface area contributed by atoms with Gasteiger partial charge in [-0.3, -0.25) is 14.9 Å². The van der Waals surface area contributed by atoms with Crippen molar-refractivity contribution in [3.63, 3.8) is 0 Å². The highest BCUT2D eigenvalue weighted by molar-refractivity contribution is 7.10. The highest BCUT2D eigenvalue weighted by Gasteiger charge is 2.16. The number of benzene rings is 1. The number of nitrogens with one attached hydrogen (secondary N) is 1. The molecular formula is C13H13N3O3S. The summed E-state index contributed by atoms with van der Waals surface area (Å²) in [6.07, 6.45) is 0. The Kier molecular flexibility index (Phi) is 4.44. The quantitative estimate of drug-likeness (QED) is 0.650. The Morgan fingerprint density at radius 1 is 1.35 bits per heavy atom. The summed E-state index contributed by atoms with van der Waals surface area (Å²) in [4.78, 5) is 22.7. The van der Waals surface area contributed by atoms with E-state index in [1.807, 2.05) is 11.4 Å². The number of non-ortho nitro benzene ring substituents is 1. The number of nitro groups is 1. The van der Waals surface area contributed by atoms with Crippen molar-refractivity contribution in [2.75, 3.05) is 0 Å². The molecule has 0 aliphatic carbocycles. The second kappa shape index (κ2) is 6.27. The number of carbonyl (C=O) groups is 1. The van der Waals surface area contributed by atoms with E-state index in [0.717, 1.165) is 10.4 Å². The zero-order valence-corrected chi connectivity index (χ0v) is 11.3. The standard InChI is InChI=1S/C13H13N3O3S/c14-12(11-2-1-7-20-11)13(17)15-8-9-3-5-10(6-4-9)16(18)19/h1-7,12H,8,14H2,(H,15,17). The monoisotopic (exact) mass is 291 g/mol. The first-order chi connectivity index (χ1) is 9.58. The minimum atomic E-state index is -0.687. The van der Waals surface area contributed by atoms with E-state index >= 15 is 0 Å². The smallest absolute Gasteiger partial charge is 0.269 e. The summed E-state index contributed by atoms with van der Waals surface area (Å²) in [7, 11) is 0. The van der Waals surface area contributed by atoms with Gasteiger partial charge in [0, 0.05) is 23.6 Å². The van der Waals surface area contributed by atoms with Crippen LogP contribution in [-0.4, -0.2) is 10.8 Å². The lowest BCUT2D eigenvalue weighted by molar-refractivity contribution is -0.384. The van der Waals surface area contributed by atoms with Gasteiger partial charge in [0.1, 0.15) is 6.04 Å². The van der Waals surface area contributed by atoms with E-state index in [1.165, 1.54) is 23.5 Å². The molecule has 0 saturated carbocycles. The number of nitrogens with zero attached hydrogens (tertiary/aromatic N) is 1. The molecule has 6 nitrogen and oxygen atoms in total. The van der Waals surface area contributed by atoms with Crippen molar-refractivity contribution in [3.8, 4) is 0 Å². The fourth-order valence-corrected chi connectivity index (χ4v) is 2.36. The molecule has 0 aliphatic rings. The third-order valence-corrected chi connectivity index (χ3v) is 3.70. The molecule has 0 radical (unpaired) electrons. The molecule has 0 aliphatic heterocycles. The van der Waals surface area contributed by atoms with Crippen LogP contribution >= 0.6 is 11.3 Å². The van der Waals surface area contributed by atoms with Crippen molar-refractivity contribution in [3.05, 3.63) is 62.3 Å². The number of carbonyl (C=O) groups excluding carboxylic acids is 1. The second-order valence-electron chi connectivity index (χ2n) is 4.13. The molecule has 2 rings (SSSR count). The first-order valence-corrected chi connectivity index (χ1v) is 6.76. The van der Waals surface area contributed by atoms with Gasteiger partial charge in [-0.2, -0.15) is 0 Å². The van der Waals surface area contributed by atoms with E-state index in [0.29, 0.717) is 0 Å². The Morgan fingerprint density at radius 2 is 2.05 bits per heavy atom. The van der Waals surface area contributed by atoms with Gasteiger partial charge in [-0.1, -0.05) is 18.2 Å². The zero-order chi connectivity index (χ0) is 14.5. The number of hydrogen-bond donors (Lipinski definition) is 2. The van der Waals surface area contributed by atoms with E-state index in [4.69, 9.17) is 5.73 Å². The Morgan fingerprint density at radius 3 is 2.60 bits per heavy atom. The minimum Gasteiger partial charge on any atom is -0.350 e.